The van der Waals surface area contributed by atoms with Crippen LogP contribution in [0.2, 0.25) is 0 Å². The molecule has 0 unspecified atom stereocenters. The Morgan fingerprint density at radius 2 is 2.07 bits per heavy atom. The lowest BCUT2D eigenvalue weighted by Gasteiger charge is -2.10. The van der Waals surface area contributed by atoms with Crippen molar-refractivity contribution in [2.24, 2.45) is 5.10 Å². The van der Waals surface area contributed by atoms with E-state index in [4.69, 9.17) is 21.7 Å². The van der Waals surface area contributed by atoms with Gasteiger partial charge in [0, 0.05) is 17.2 Å². The Morgan fingerprint density at radius 3 is 2.76 bits per heavy atom. The standard InChI is InChI=1S/C18H17N5O5S/c1-3-28-15-7-10(6-14(23(25)26)16(15)27-2)9-19-22-17(24)11-4-5-12-13(8-11)21-18(29)20-12/h4-9H,3H2,1-2H3,(H,22,24)(H2,20,21,29)/b19-9-. The summed E-state index contributed by atoms with van der Waals surface area (Å²) in [7, 11) is 1.33. The predicted octanol–water partition coefficient (Wildman–Crippen LogP) is 3.30. The summed E-state index contributed by atoms with van der Waals surface area (Å²) in [6.07, 6.45) is 1.29. The number of imidazole rings is 1. The number of carbonyl (C=O) groups is 1. The van der Waals surface area contributed by atoms with Gasteiger partial charge in [0.1, 0.15) is 0 Å². The number of nitro groups is 1. The maximum absolute atomic E-state index is 12.3. The van der Waals surface area contributed by atoms with Crippen LogP contribution in [0.15, 0.2) is 35.4 Å². The zero-order valence-electron chi connectivity index (χ0n) is 15.5. The molecule has 0 bridgehead atoms. The molecule has 1 amide bonds. The number of amides is 1. The van der Waals surface area contributed by atoms with Gasteiger partial charge in [-0.1, -0.05) is 0 Å². The molecule has 29 heavy (non-hydrogen) atoms. The molecule has 0 aliphatic carbocycles. The molecular formula is C18H17N5O5S. The largest absolute Gasteiger partial charge is 0.490 e. The molecule has 0 atom stereocenters. The van der Waals surface area contributed by atoms with Gasteiger partial charge in [0.05, 0.1) is 35.9 Å². The number of ether oxygens (including phenoxy) is 2. The molecule has 1 aromatic heterocycles. The van der Waals surface area contributed by atoms with Crippen molar-refractivity contribution in [3.63, 3.8) is 0 Å². The number of carbonyl (C=O) groups excluding carboxylic acids is 1. The van der Waals surface area contributed by atoms with E-state index in [2.05, 4.69) is 20.5 Å². The van der Waals surface area contributed by atoms with Crippen molar-refractivity contribution in [1.82, 2.24) is 15.4 Å². The van der Waals surface area contributed by atoms with Crippen molar-refractivity contribution in [2.75, 3.05) is 13.7 Å². The highest BCUT2D eigenvalue weighted by molar-refractivity contribution is 7.71. The van der Waals surface area contributed by atoms with Crippen LogP contribution >= 0.6 is 12.2 Å². The third-order valence-corrected chi connectivity index (χ3v) is 4.12. The van der Waals surface area contributed by atoms with Gasteiger partial charge in [-0.25, -0.2) is 5.43 Å². The maximum Gasteiger partial charge on any atom is 0.315 e. The van der Waals surface area contributed by atoms with E-state index in [1.807, 2.05) is 0 Å². The van der Waals surface area contributed by atoms with Crippen LogP contribution in [0.5, 0.6) is 11.5 Å². The van der Waals surface area contributed by atoms with Gasteiger partial charge in [0.2, 0.25) is 5.75 Å². The van der Waals surface area contributed by atoms with E-state index >= 15 is 0 Å². The molecular weight excluding hydrogens is 398 g/mol. The van der Waals surface area contributed by atoms with Crippen molar-refractivity contribution in [1.29, 1.82) is 0 Å². The molecule has 3 aromatic rings. The number of benzene rings is 2. The number of nitrogens with zero attached hydrogens (tertiary/aromatic N) is 2. The van der Waals surface area contributed by atoms with Crippen molar-refractivity contribution in [3.05, 3.63) is 56.3 Å². The summed E-state index contributed by atoms with van der Waals surface area (Å²) in [5.74, 6) is -0.211. The van der Waals surface area contributed by atoms with Gasteiger partial charge in [0.15, 0.2) is 10.5 Å². The lowest BCUT2D eigenvalue weighted by molar-refractivity contribution is -0.385. The van der Waals surface area contributed by atoms with Gasteiger partial charge in [-0.3, -0.25) is 14.9 Å². The summed E-state index contributed by atoms with van der Waals surface area (Å²) in [6.45, 7) is 2.05. The zero-order valence-corrected chi connectivity index (χ0v) is 16.3. The van der Waals surface area contributed by atoms with E-state index in [-0.39, 0.29) is 17.2 Å². The predicted molar refractivity (Wildman–Crippen MR) is 109 cm³/mol. The lowest BCUT2D eigenvalue weighted by atomic mass is 10.2. The molecule has 0 radical (unpaired) electrons. The number of hydrogen-bond acceptors (Lipinski definition) is 7. The zero-order chi connectivity index (χ0) is 21.0. The first-order valence-corrected chi connectivity index (χ1v) is 8.88. The molecule has 10 nitrogen and oxygen atoms in total. The van der Waals surface area contributed by atoms with Crippen molar-refractivity contribution in [3.8, 4) is 11.5 Å². The van der Waals surface area contributed by atoms with E-state index in [9.17, 15) is 14.9 Å². The number of rotatable bonds is 7. The number of H-pyrrole nitrogens is 2. The fraction of sp³-hybridized carbons (Fsp3) is 0.167. The molecule has 0 saturated heterocycles. The molecule has 0 fully saturated rings. The van der Waals surface area contributed by atoms with E-state index in [0.717, 1.165) is 5.52 Å². The van der Waals surface area contributed by atoms with E-state index < -0.39 is 10.8 Å². The van der Waals surface area contributed by atoms with Crippen LogP contribution in [-0.4, -0.2) is 40.7 Å². The lowest BCUT2D eigenvalue weighted by Crippen LogP contribution is -2.17. The average Bonchev–Trinajstić information content (AvgIpc) is 3.06. The third kappa shape index (κ3) is 4.41. The first-order chi connectivity index (χ1) is 13.9. The van der Waals surface area contributed by atoms with Gasteiger partial charge in [-0.15, -0.1) is 0 Å². The summed E-state index contributed by atoms with van der Waals surface area (Å²) >= 11 is 5.02. The van der Waals surface area contributed by atoms with Crippen molar-refractivity contribution >= 4 is 41.1 Å². The Bertz CT molecular complexity index is 1170. The highest BCUT2D eigenvalue weighted by Crippen LogP contribution is 2.37. The Balaban J connectivity index is 1.81. The first-order valence-electron chi connectivity index (χ1n) is 8.47. The Hall–Kier alpha value is -3.73. The molecule has 2 aromatic carbocycles. The number of nitrogens with one attached hydrogen (secondary N) is 3. The Labute approximate surface area is 169 Å². The maximum atomic E-state index is 12.3. The fourth-order valence-electron chi connectivity index (χ4n) is 2.69. The van der Waals surface area contributed by atoms with Gasteiger partial charge >= 0.3 is 5.69 Å². The Kier molecular flexibility index (Phi) is 5.88. The normalized spacial score (nSPS) is 11.0. The molecule has 0 saturated carbocycles. The van der Waals surface area contributed by atoms with Crippen LogP contribution in [0.25, 0.3) is 11.0 Å². The quantitative estimate of drug-likeness (QED) is 0.235. The Morgan fingerprint density at radius 1 is 1.31 bits per heavy atom. The van der Waals surface area contributed by atoms with Gasteiger partial charge in [-0.05, 0) is 43.4 Å². The summed E-state index contributed by atoms with van der Waals surface area (Å²) in [4.78, 5) is 28.9. The molecule has 0 aliphatic rings. The number of aromatic amines is 2. The second-order valence-corrected chi connectivity index (χ2v) is 6.21. The molecule has 11 heteroatoms. The third-order valence-electron chi connectivity index (χ3n) is 3.92. The van der Waals surface area contributed by atoms with Crippen molar-refractivity contribution in [2.45, 2.75) is 6.92 Å². The number of aromatic nitrogens is 2. The van der Waals surface area contributed by atoms with Gasteiger partial charge < -0.3 is 19.4 Å². The molecule has 0 aliphatic heterocycles. The first kappa shape index (κ1) is 20.0. The monoisotopic (exact) mass is 415 g/mol. The summed E-state index contributed by atoms with van der Waals surface area (Å²) in [6, 6.07) is 7.80. The minimum Gasteiger partial charge on any atom is -0.490 e. The van der Waals surface area contributed by atoms with Crippen LogP contribution in [-0.2, 0) is 0 Å². The second kappa shape index (κ2) is 8.52. The van der Waals surface area contributed by atoms with Crippen LogP contribution in [0.4, 0.5) is 5.69 Å². The second-order valence-electron chi connectivity index (χ2n) is 5.80. The van der Waals surface area contributed by atoms with E-state index in [1.165, 1.54) is 25.5 Å². The van der Waals surface area contributed by atoms with E-state index in [1.54, 1.807) is 25.1 Å². The van der Waals surface area contributed by atoms with Crippen molar-refractivity contribution < 1.29 is 19.2 Å². The number of hydrogen-bond donors (Lipinski definition) is 3. The highest BCUT2D eigenvalue weighted by Gasteiger charge is 2.21. The summed E-state index contributed by atoms with van der Waals surface area (Å²) in [5, 5.41) is 15.2. The van der Waals surface area contributed by atoms with Crippen LogP contribution < -0.4 is 14.9 Å². The summed E-state index contributed by atoms with van der Waals surface area (Å²) in [5.41, 5.74) is 4.33. The number of nitro benzene ring substituents is 1. The molecule has 0 spiro atoms. The highest BCUT2D eigenvalue weighted by atomic mass is 32.1. The topological polar surface area (TPSA) is 135 Å². The van der Waals surface area contributed by atoms with Crippen LogP contribution in [0.1, 0.15) is 22.8 Å². The average molecular weight is 415 g/mol. The summed E-state index contributed by atoms with van der Waals surface area (Å²) < 4.78 is 11.0. The number of fused-ring (bicyclic) bond motifs is 1. The molecule has 3 N–H and O–H groups in total. The minimum absolute atomic E-state index is 0.0233. The van der Waals surface area contributed by atoms with E-state index in [0.29, 0.717) is 28.0 Å². The fourth-order valence-corrected chi connectivity index (χ4v) is 2.91. The molecule has 1 heterocycles. The molecule has 150 valence electrons. The number of hydrazone groups is 1. The van der Waals surface area contributed by atoms with Gasteiger partial charge in [-0.2, -0.15) is 5.10 Å². The van der Waals surface area contributed by atoms with Crippen LogP contribution in [0.3, 0.4) is 0 Å². The van der Waals surface area contributed by atoms with Gasteiger partial charge in [0.25, 0.3) is 5.91 Å². The number of methoxy groups -OCH3 is 1. The molecule has 3 rings (SSSR count). The SMILES string of the molecule is CCOc1cc(/C=N\NC(=O)c2ccc3[nH]c(=S)[nH]c3c2)cc([N+](=O)[O-])c1OC. The minimum atomic E-state index is -0.576. The smallest absolute Gasteiger partial charge is 0.315 e. The van der Waals surface area contributed by atoms with Crippen LogP contribution in [0, 0.1) is 14.9 Å².